The van der Waals surface area contributed by atoms with Crippen LogP contribution in [0.15, 0.2) is 6.07 Å². The second-order valence-corrected chi connectivity index (χ2v) is 11.4. The third-order valence-corrected chi connectivity index (χ3v) is 9.05. The van der Waals surface area contributed by atoms with Crippen LogP contribution in [0.5, 0.6) is 0 Å². The minimum absolute atomic E-state index is 0.0564. The Kier molecular flexibility index (Phi) is 9.25. The lowest BCUT2D eigenvalue weighted by atomic mass is 9.65. The molecule has 0 bridgehead atoms. The molecule has 2 fully saturated rings. The van der Waals surface area contributed by atoms with Crippen molar-refractivity contribution >= 4 is 0 Å². The average molecular weight is 461 g/mol. The van der Waals surface area contributed by atoms with Crippen molar-refractivity contribution in [2.75, 3.05) is 6.61 Å². The van der Waals surface area contributed by atoms with Crippen LogP contribution >= 0.6 is 0 Å². The number of ether oxygens (including phenoxy) is 1. The maximum atomic E-state index is 15.7. The van der Waals surface area contributed by atoms with E-state index in [1.807, 2.05) is 0 Å². The van der Waals surface area contributed by atoms with Gasteiger partial charge in [0.2, 0.25) is 0 Å². The van der Waals surface area contributed by atoms with Crippen LogP contribution in [0.4, 0.5) is 8.78 Å². The number of fused-ring (bicyclic) bond motifs is 2. The Balaban J connectivity index is 1.37. The van der Waals surface area contributed by atoms with Gasteiger partial charge in [0.1, 0.15) is 11.6 Å². The van der Waals surface area contributed by atoms with Crippen molar-refractivity contribution in [2.45, 2.75) is 129 Å². The molecule has 0 N–H and O–H groups in total. The third-order valence-electron chi connectivity index (χ3n) is 9.05. The quantitative estimate of drug-likeness (QED) is 0.317. The molecule has 1 aromatic carbocycles. The molecule has 1 nitrogen and oxygen atoms in total. The van der Waals surface area contributed by atoms with Crippen LogP contribution in [0.1, 0.15) is 126 Å². The minimum atomic E-state index is -0.266. The van der Waals surface area contributed by atoms with Crippen molar-refractivity contribution in [1.29, 1.82) is 0 Å². The van der Waals surface area contributed by atoms with Gasteiger partial charge in [0, 0.05) is 12.2 Å². The molecule has 33 heavy (non-hydrogen) atoms. The van der Waals surface area contributed by atoms with E-state index in [9.17, 15) is 0 Å². The van der Waals surface area contributed by atoms with Gasteiger partial charge in [-0.2, -0.15) is 0 Å². The molecule has 0 saturated heterocycles. The maximum absolute atomic E-state index is 15.7. The molecule has 0 heterocycles. The summed E-state index contributed by atoms with van der Waals surface area (Å²) in [5.74, 6) is 1.49. The molecular formula is C30H46F2O. The largest absolute Gasteiger partial charge is 0.378 e. The Morgan fingerprint density at radius 2 is 1.67 bits per heavy atom. The summed E-state index contributed by atoms with van der Waals surface area (Å²) in [6.07, 6.45) is 18.2. The van der Waals surface area contributed by atoms with Crippen molar-refractivity contribution in [3.8, 4) is 0 Å². The summed E-state index contributed by atoms with van der Waals surface area (Å²) in [5.41, 5.74) is 2.22. The van der Waals surface area contributed by atoms with Crippen molar-refractivity contribution < 1.29 is 13.5 Å². The van der Waals surface area contributed by atoms with E-state index in [4.69, 9.17) is 4.74 Å². The molecule has 0 aliphatic heterocycles. The molecule has 0 spiro atoms. The highest BCUT2D eigenvalue weighted by Crippen LogP contribution is 2.48. The summed E-state index contributed by atoms with van der Waals surface area (Å²) in [5, 5.41) is 0. The van der Waals surface area contributed by atoms with Crippen LogP contribution < -0.4 is 0 Å². The first-order chi connectivity index (χ1) is 16.1. The Morgan fingerprint density at radius 3 is 2.48 bits per heavy atom. The number of hydrogen-bond acceptors (Lipinski definition) is 1. The molecule has 5 unspecified atom stereocenters. The molecule has 3 aliphatic rings. The summed E-state index contributed by atoms with van der Waals surface area (Å²) >= 11 is 0. The van der Waals surface area contributed by atoms with E-state index in [1.54, 1.807) is 6.07 Å². The average Bonchev–Trinajstić information content (AvgIpc) is 2.82. The van der Waals surface area contributed by atoms with Gasteiger partial charge in [-0.1, -0.05) is 52.4 Å². The zero-order chi connectivity index (χ0) is 23.2. The summed E-state index contributed by atoms with van der Waals surface area (Å²) in [4.78, 5) is 0. The lowest BCUT2D eigenvalue weighted by Crippen LogP contribution is -2.34. The first kappa shape index (κ1) is 25.1. The minimum Gasteiger partial charge on any atom is -0.378 e. The van der Waals surface area contributed by atoms with Gasteiger partial charge in [0.15, 0.2) is 0 Å². The van der Waals surface area contributed by atoms with Gasteiger partial charge in [0.05, 0.1) is 6.10 Å². The van der Waals surface area contributed by atoms with Crippen LogP contribution in [0.3, 0.4) is 0 Å². The Labute approximate surface area is 201 Å². The van der Waals surface area contributed by atoms with E-state index in [0.717, 1.165) is 81.9 Å². The van der Waals surface area contributed by atoms with Gasteiger partial charge < -0.3 is 4.74 Å². The van der Waals surface area contributed by atoms with E-state index >= 15 is 8.78 Å². The van der Waals surface area contributed by atoms with E-state index in [2.05, 4.69) is 13.8 Å². The topological polar surface area (TPSA) is 9.23 Å². The summed E-state index contributed by atoms with van der Waals surface area (Å²) in [6, 6.07) is 1.72. The molecule has 5 atom stereocenters. The predicted molar refractivity (Wildman–Crippen MR) is 133 cm³/mol. The zero-order valence-corrected chi connectivity index (χ0v) is 21.1. The summed E-state index contributed by atoms with van der Waals surface area (Å²) in [6.45, 7) is 5.32. The van der Waals surface area contributed by atoms with E-state index in [1.165, 1.54) is 38.5 Å². The first-order valence-electron chi connectivity index (χ1n) is 14.2. The molecule has 0 aromatic heterocycles. The molecule has 0 amide bonds. The van der Waals surface area contributed by atoms with Crippen molar-refractivity contribution in [3.05, 3.63) is 34.4 Å². The molecule has 2 saturated carbocycles. The molecule has 1 aromatic rings. The maximum Gasteiger partial charge on any atom is 0.133 e. The number of unbranched alkanes of at least 4 members (excludes halogenated alkanes) is 4. The highest BCUT2D eigenvalue weighted by atomic mass is 19.1. The first-order valence-corrected chi connectivity index (χ1v) is 14.2. The van der Waals surface area contributed by atoms with E-state index in [0.29, 0.717) is 29.4 Å². The normalized spacial score (nSPS) is 29.5. The van der Waals surface area contributed by atoms with Crippen LogP contribution in [0.25, 0.3) is 0 Å². The smallest absolute Gasteiger partial charge is 0.133 e. The molecule has 3 heteroatoms. The zero-order valence-electron chi connectivity index (χ0n) is 21.1. The monoisotopic (exact) mass is 460 g/mol. The SMILES string of the molecule is CCCCCCC1CCc2c(cc(F)c(C3CCC4CC(OCCCC)CCC4C3)c2F)C1. The van der Waals surface area contributed by atoms with Crippen LogP contribution in [0.2, 0.25) is 0 Å². The molecule has 4 rings (SSSR count). The summed E-state index contributed by atoms with van der Waals surface area (Å²) < 4.78 is 37.1. The van der Waals surface area contributed by atoms with E-state index < -0.39 is 0 Å². The second kappa shape index (κ2) is 12.1. The Hall–Kier alpha value is -0.960. The van der Waals surface area contributed by atoms with Gasteiger partial charge in [-0.25, -0.2) is 8.78 Å². The fourth-order valence-electron chi connectivity index (χ4n) is 7.07. The van der Waals surface area contributed by atoms with Crippen LogP contribution in [-0.2, 0) is 17.6 Å². The van der Waals surface area contributed by atoms with E-state index in [-0.39, 0.29) is 17.6 Å². The fourth-order valence-corrected chi connectivity index (χ4v) is 7.07. The highest BCUT2D eigenvalue weighted by Gasteiger charge is 2.38. The third kappa shape index (κ3) is 6.19. The number of benzene rings is 1. The Bertz CT molecular complexity index is 760. The second-order valence-electron chi connectivity index (χ2n) is 11.4. The van der Waals surface area contributed by atoms with Gasteiger partial charge >= 0.3 is 0 Å². The standard InChI is InChI=1S/C30H46F2O/c1-3-5-7-8-9-21-10-15-27-25(17-21)20-28(31)29(30(27)32)24-12-11-23-19-26(33-16-6-4-2)14-13-22(23)18-24/h20-24,26H,3-19H2,1-2H3. The van der Waals surface area contributed by atoms with Gasteiger partial charge in [-0.05, 0) is 105 Å². The predicted octanol–water partition coefficient (Wildman–Crippen LogP) is 8.91. The molecular weight excluding hydrogens is 414 g/mol. The van der Waals surface area contributed by atoms with Gasteiger partial charge in [-0.3, -0.25) is 0 Å². The van der Waals surface area contributed by atoms with Gasteiger partial charge in [0.25, 0.3) is 0 Å². The lowest BCUT2D eigenvalue weighted by Gasteiger charge is -2.42. The molecule has 186 valence electrons. The van der Waals surface area contributed by atoms with Crippen molar-refractivity contribution in [3.63, 3.8) is 0 Å². The van der Waals surface area contributed by atoms with Gasteiger partial charge in [-0.15, -0.1) is 0 Å². The molecule has 3 aliphatic carbocycles. The lowest BCUT2D eigenvalue weighted by molar-refractivity contribution is -0.0162. The highest BCUT2D eigenvalue weighted by molar-refractivity contribution is 5.39. The number of rotatable bonds is 10. The van der Waals surface area contributed by atoms with Crippen LogP contribution in [-0.4, -0.2) is 12.7 Å². The van der Waals surface area contributed by atoms with Crippen LogP contribution in [0, 0.1) is 29.4 Å². The van der Waals surface area contributed by atoms with Crippen molar-refractivity contribution in [2.24, 2.45) is 17.8 Å². The number of halogens is 2. The molecule has 0 radical (unpaired) electrons. The summed E-state index contributed by atoms with van der Waals surface area (Å²) in [7, 11) is 0. The Morgan fingerprint density at radius 1 is 0.879 bits per heavy atom. The fraction of sp³-hybridized carbons (Fsp3) is 0.800. The van der Waals surface area contributed by atoms with Crippen molar-refractivity contribution in [1.82, 2.24) is 0 Å². The number of hydrogen-bond donors (Lipinski definition) is 0.